The third-order valence-electron chi connectivity index (χ3n) is 4.72. The van der Waals surface area contributed by atoms with E-state index in [1.807, 2.05) is 0 Å². The maximum atomic E-state index is 14.9. The zero-order valence-corrected chi connectivity index (χ0v) is 16.5. The quantitative estimate of drug-likeness (QED) is 0.202. The molecule has 0 unspecified atom stereocenters. The first-order valence-corrected chi connectivity index (χ1v) is 9.48. The van der Waals surface area contributed by atoms with E-state index in [0.717, 1.165) is 6.07 Å². The monoisotopic (exact) mass is 430 g/mol. The van der Waals surface area contributed by atoms with Crippen LogP contribution >= 0.6 is 0 Å². The molecule has 0 atom stereocenters. The van der Waals surface area contributed by atoms with E-state index in [1.54, 1.807) is 6.08 Å². The fourth-order valence-electron chi connectivity index (χ4n) is 3.14. The molecule has 0 heterocycles. The Morgan fingerprint density at radius 1 is 0.839 bits per heavy atom. The van der Waals surface area contributed by atoms with Gasteiger partial charge in [0.2, 0.25) is 0 Å². The largest absolute Gasteiger partial charge is 0.490 e. The van der Waals surface area contributed by atoms with Crippen LogP contribution < -0.4 is 4.74 Å². The highest BCUT2D eigenvalue weighted by atomic mass is 19.2. The third kappa shape index (κ3) is 4.53. The molecule has 0 bridgehead atoms. The van der Waals surface area contributed by atoms with Gasteiger partial charge in [-0.3, -0.25) is 0 Å². The van der Waals surface area contributed by atoms with E-state index in [2.05, 4.69) is 13.2 Å². The Hall–Kier alpha value is -3.41. The Kier molecular flexibility index (Phi) is 6.90. The molecule has 0 amide bonds. The molecule has 31 heavy (non-hydrogen) atoms. The van der Waals surface area contributed by atoms with Crippen molar-refractivity contribution in [3.8, 4) is 5.75 Å². The Morgan fingerprint density at radius 3 is 2.19 bits per heavy atom. The van der Waals surface area contributed by atoms with Gasteiger partial charge in [-0.2, -0.15) is 0 Å². The average Bonchev–Trinajstić information content (AvgIpc) is 2.78. The lowest BCUT2D eigenvalue weighted by Crippen LogP contribution is -2.00. The third-order valence-corrected chi connectivity index (χ3v) is 4.72. The molecule has 160 valence electrons. The van der Waals surface area contributed by atoms with Gasteiger partial charge in [-0.05, 0) is 60.2 Å². The molecule has 0 saturated carbocycles. The molecule has 0 aromatic heterocycles. The molecule has 0 aliphatic carbocycles. The highest BCUT2D eigenvalue weighted by molar-refractivity contribution is 5.91. The molecular formula is C25H19F5O. The SMILES string of the molecule is C=CCCc1cc2ccc(C(F)=C(F)c3ccc(OCC=C)cc3)c(F)c2c(F)c1F. The number of allylic oxidation sites excluding steroid dienone is 1. The lowest BCUT2D eigenvalue weighted by atomic mass is 9.99. The summed E-state index contributed by atoms with van der Waals surface area (Å²) in [5.41, 5.74) is -0.901. The molecule has 6 heteroatoms. The molecule has 0 aliphatic rings. The molecule has 0 radical (unpaired) electrons. The van der Waals surface area contributed by atoms with Gasteiger partial charge in [0.1, 0.15) is 18.2 Å². The van der Waals surface area contributed by atoms with Crippen molar-refractivity contribution < 1.29 is 26.7 Å². The number of hydrogen-bond donors (Lipinski definition) is 0. The number of benzene rings is 3. The van der Waals surface area contributed by atoms with E-state index in [-0.39, 0.29) is 29.5 Å². The number of fused-ring (bicyclic) bond motifs is 1. The summed E-state index contributed by atoms with van der Waals surface area (Å²) in [5.74, 6) is -6.47. The lowest BCUT2D eigenvalue weighted by molar-refractivity contribution is 0.363. The fourth-order valence-corrected chi connectivity index (χ4v) is 3.14. The van der Waals surface area contributed by atoms with E-state index < -0.39 is 40.1 Å². The van der Waals surface area contributed by atoms with E-state index in [0.29, 0.717) is 12.2 Å². The van der Waals surface area contributed by atoms with E-state index in [9.17, 15) is 22.0 Å². The van der Waals surface area contributed by atoms with Gasteiger partial charge in [-0.1, -0.05) is 24.8 Å². The Labute approximate surface area is 176 Å². The minimum absolute atomic E-state index is 0.0520. The van der Waals surface area contributed by atoms with Crippen molar-refractivity contribution in [2.45, 2.75) is 12.8 Å². The van der Waals surface area contributed by atoms with E-state index >= 15 is 0 Å². The summed E-state index contributed by atoms with van der Waals surface area (Å²) >= 11 is 0. The van der Waals surface area contributed by atoms with Crippen LogP contribution in [-0.2, 0) is 6.42 Å². The first-order chi connectivity index (χ1) is 14.9. The van der Waals surface area contributed by atoms with Crippen molar-refractivity contribution >= 4 is 22.4 Å². The van der Waals surface area contributed by atoms with Crippen LogP contribution in [0.2, 0.25) is 0 Å². The van der Waals surface area contributed by atoms with Crippen LogP contribution in [0.15, 0.2) is 67.8 Å². The Morgan fingerprint density at radius 2 is 1.55 bits per heavy atom. The van der Waals surface area contributed by atoms with Crippen molar-refractivity contribution in [1.29, 1.82) is 0 Å². The van der Waals surface area contributed by atoms with Crippen LogP contribution in [0.3, 0.4) is 0 Å². The van der Waals surface area contributed by atoms with Crippen LogP contribution in [0.1, 0.15) is 23.1 Å². The molecule has 0 N–H and O–H groups in total. The summed E-state index contributed by atoms with van der Waals surface area (Å²) < 4.78 is 78.6. The van der Waals surface area contributed by atoms with Gasteiger partial charge < -0.3 is 4.74 Å². The number of rotatable bonds is 8. The molecule has 0 saturated heterocycles. The zero-order chi connectivity index (χ0) is 22.5. The average molecular weight is 430 g/mol. The molecule has 1 nitrogen and oxygen atoms in total. The number of halogens is 5. The summed E-state index contributed by atoms with van der Waals surface area (Å²) in [6.45, 7) is 7.27. The highest BCUT2D eigenvalue weighted by Crippen LogP contribution is 2.35. The van der Waals surface area contributed by atoms with E-state index in [1.165, 1.54) is 42.5 Å². The standard InChI is InChI=1S/C25H19F5O/c1-3-5-6-17-14-16-9-12-19(23(28)20(16)25(30)22(17)27)24(29)21(26)15-7-10-18(11-8-15)31-13-4-2/h3-4,7-12,14H,1-2,5-6,13H2. The molecule has 0 spiro atoms. The van der Waals surface area contributed by atoms with Crippen molar-refractivity contribution in [3.05, 3.63) is 102 Å². The summed E-state index contributed by atoms with van der Waals surface area (Å²) in [6.07, 6.45) is 3.66. The summed E-state index contributed by atoms with van der Waals surface area (Å²) in [5, 5.41) is -0.676. The van der Waals surface area contributed by atoms with Gasteiger partial charge in [0.15, 0.2) is 23.3 Å². The predicted octanol–water partition coefficient (Wildman–Crippen LogP) is 7.71. The van der Waals surface area contributed by atoms with Crippen LogP contribution in [0.25, 0.3) is 22.4 Å². The second-order valence-corrected chi connectivity index (χ2v) is 6.77. The van der Waals surface area contributed by atoms with Gasteiger partial charge in [0.05, 0.1) is 5.39 Å². The normalized spacial score (nSPS) is 11.9. The minimum atomic E-state index is -1.52. The fraction of sp³-hybridized carbons (Fsp3) is 0.120. The van der Waals surface area contributed by atoms with Crippen LogP contribution in [0.5, 0.6) is 5.75 Å². The van der Waals surface area contributed by atoms with Gasteiger partial charge in [-0.25, -0.2) is 22.0 Å². The Balaban J connectivity index is 2.05. The maximum Gasteiger partial charge on any atom is 0.169 e. The van der Waals surface area contributed by atoms with Crippen molar-refractivity contribution in [1.82, 2.24) is 0 Å². The van der Waals surface area contributed by atoms with Crippen LogP contribution in [-0.4, -0.2) is 6.61 Å². The molecule has 0 fully saturated rings. The smallest absolute Gasteiger partial charge is 0.169 e. The number of hydrogen-bond acceptors (Lipinski definition) is 1. The summed E-state index contributed by atoms with van der Waals surface area (Å²) in [6, 6.07) is 8.89. The maximum absolute atomic E-state index is 14.9. The minimum Gasteiger partial charge on any atom is -0.490 e. The number of aryl methyl sites for hydroxylation is 1. The highest BCUT2D eigenvalue weighted by Gasteiger charge is 2.22. The van der Waals surface area contributed by atoms with E-state index in [4.69, 9.17) is 4.74 Å². The van der Waals surface area contributed by atoms with Crippen molar-refractivity contribution in [3.63, 3.8) is 0 Å². The topological polar surface area (TPSA) is 9.23 Å². The molecule has 3 aromatic carbocycles. The Bertz CT molecular complexity index is 1160. The second kappa shape index (κ2) is 9.60. The molecule has 3 aromatic rings. The first-order valence-electron chi connectivity index (χ1n) is 9.48. The van der Waals surface area contributed by atoms with Crippen LogP contribution in [0.4, 0.5) is 22.0 Å². The molecular weight excluding hydrogens is 411 g/mol. The van der Waals surface area contributed by atoms with Gasteiger partial charge in [0, 0.05) is 11.1 Å². The van der Waals surface area contributed by atoms with Crippen molar-refractivity contribution in [2.24, 2.45) is 0 Å². The van der Waals surface area contributed by atoms with Gasteiger partial charge >= 0.3 is 0 Å². The molecule has 0 aliphatic heterocycles. The summed E-state index contributed by atoms with van der Waals surface area (Å²) in [7, 11) is 0. The predicted molar refractivity (Wildman–Crippen MR) is 114 cm³/mol. The van der Waals surface area contributed by atoms with Gasteiger partial charge in [0.25, 0.3) is 0 Å². The lowest BCUT2D eigenvalue weighted by Gasteiger charge is -2.11. The zero-order valence-electron chi connectivity index (χ0n) is 16.5. The second-order valence-electron chi connectivity index (χ2n) is 6.77. The summed E-state index contributed by atoms with van der Waals surface area (Å²) in [4.78, 5) is 0. The van der Waals surface area contributed by atoms with Crippen LogP contribution in [0, 0.1) is 17.5 Å². The molecule has 3 rings (SSSR count). The van der Waals surface area contributed by atoms with Gasteiger partial charge in [-0.15, -0.1) is 6.58 Å². The number of ether oxygens (including phenoxy) is 1. The first kappa shape index (κ1) is 22.3. The van der Waals surface area contributed by atoms with Crippen molar-refractivity contribution in [2.75, 3.05) is 6.61 Å².